The lowest BCUT2D eigenvalue weighted by atomic mass is 10.1. The van der Waals surface area contributed by atoms with E-state index < -0.39 is 50.0 Å². The van der Waals surface area contributed by atoms with Crippen molar-refractivity contribution in [3.63, 3.8) is 0 Å². The fourth-order valence-corrected chi connectivity index (χ4v) is 6.09. The van der Waals surface area contributed by atoms with E-state index >= 15 is 0 Å². The lowest BCUT2D eigenvalue weighted by Gasteiger charge is -2.28. The summed E-state index contributed by atoms with van der Waals surface area (Å²) in [5, 5.41) is 4.19. The maximum Gasteiger partial charge on any atom is 0.249 e. The van der Waals surface area contributed by atoms with Crippen LogP contribution in [0.3, 0.4) is 0 Å². The summed E-state index contributed by atoms with van der Waals surface area (Å²) < 4.78 is 97.8. The molecule has 0 atom stereocenters. The van der Waals surface area contributed by atoms with Crippen LogP contribution < -0.4 is 4.90 Å². The van der Waals surface area contributed by atoms with Gasteiger partial charge in [-0.3, -0.25) is 0 Å². The molecule has 1 saturated heterocycles. The van der Waals surface area contributed by atoms with Crippen molar-refractivity contribution < 1.29 is 30.4 Å². The zero-order valence-electron chi connectivity index (χ0n) is 19.0. The van der Waals surface area contributed by atoms with Gasteiger partial charge in [0.05, 0.1) is 18.1 Å². The largest absolute Gasteiger partial charge is 0.370 e. The van der Waals surface area contributed by atoms with E-state index in [4.69, 9.17) is 0 Å². The third-order valence-electron chi connectivity index (χ3n) is 6.35. The third kappa shape index (κ3) is 4.45. The van der Waals surface area contributed by atoms with Crippen molar-refractivity contribution in [2.45, 2.75) is 49.6 Å². The van der Waals surface area contributed by atoms with E-state index in [2.05, 4.69) is 15.0 Å². The quantitative estimate of drug-likeness (QED) is 0.260. The zero-order chi connectivity index (χ0) is 25.6. The minimum absolute atomic E-state index is 0.358. The molecule has 192 valence electrons. The minimum Gasteiger partial charge on any atom is -0.370 e. The topological polar surface area (TPSA) is 71.3 Å². The van der Waals surface area contributed by atoms with E-state index in [1.807, 2.05) is 6.07 Å². The highest BCUT2D eigenvalue weighted by molar-refractivity contribution is 7.89. The minimum atomic E-state index is -5.05. The first-order valence-electron chi connectivity index (χ1n) is 11.5. The fraction of sp³-hybridized carbons (Fsp3) is 0.391. The highest BCUT2D eigenvalue weighted by Crippen LogP contribution is 2.36. The van der Waals surface area contributed by atoms with Gasteiger partial charge >= 0.3 is 0 Å². The molecular formula is C23H22F5N5O2S. The van der Waals surface area contributed by atoms with Crippen LogP contribution >= 0.6 is 0 Å². The Morgan fingerprint density at radius 2 is 1.53 bits per heavy atom. The highest BCUT2D eigenvalue weighted by atomic mass is 32.2. The molecule has 1 saturated carbocycles. The molecule has 2 fully saturated rings. The number of hydrogen-bond acceptors (Lipinski definition) is 5. The van der Waals surface area contributed by atoms with Crippen molar-refractivity contribution in [3.8, 4) is 5.82 Å². The van der Waals surface area contributed by atoms with Gasteiger partial charge in [-0.1, -0.05) is 0 Å². The van der Waals surface area contributed by atoms with Crippen molar-refractivity contribution in [2.75, 3.05) is 18.0 Å². The summed E-state index contributed by atoms with van der Waals surface area (Å²) in [7, 11) is -5.05. The van der Waals surface area contributed by atoms with Crippen molar-refractivity contribution in [1.29, 1.82) is 0 Å². The van der Waals surface area contributed by atoms with Crippen LogP contribution in [0.2, 0.25) is 0 Å². The molecule has 0 N–H and O–H groups in total. The smallest absolute Gasteiger partial charge is 0.249 e. The first kappa shape index (κ1) is 24.6. The molecule has 0 bridgehead atoms. The molecule has 1 aliphatic heterocycles. The molecular weight excluding hydrogens is 505 g/mol. The number of benzene rings is 1. The van der Waals surface area contributed by atoms with E-state index in [9.17, 15) is 30.4 Å². The summed E-state index contributed by atoms with van der Waals surface area (Å²) in [5.41, 5.74) is 1.34. The van der Waals surface area contributed by atoms with Gasteiger partial charge in [-0.2, -0.15) is 9.40 Å². The second-order valence-corrected chi connectivity index (χ2v) is 10.7. The van der Waals surface area contributed by atoms with Gasteiger partial charge in [0.1, 0.15) is 0 Å². The molecule has 7 nitrogen and oxygen atoms in total. The van der Waals surface area contributed by atoms with Crippen LogP contribution in [0.25, 0.3) is 5.82 Å². The lowest BCUT2D eigenvalue weighted by Crippen LogP contribution is -2.34. The third-order valence-corrected chi connectivity index (χ3v) is 8.27. The Morgan fingerprint density at radius 3 is 2.11 bits per heavy atom. The van der Waals surface area contributed by atoms with Gasteiger partial charge in [0.15, 0.2) is 34.0 Å². The van der Waals surface area contributed by atoms with Gasteiger partial charge in [0.25, 0.3) is 0 Å². The normalized spacial score (nSPS) is 16.7. The Morgan fingerprint density at radius 1 is 0.889 bits per heavy atom. The molecule has 0 amide bonds. The number of nitrogens with zero attached hydrogens (tertiary/aromatic N) is 5. The van der Waals surface area contributed by atoms with Crippen LogP contribution in [-0.2, 0) is 16.6 Å². The average Bonchev–Trinajstić information content (AvgIpc) is 3.62. The molecule has 3 heterocycles. The molecule has 0 spiro atoms. The Labute approximate surface area is 204 Å². The fourth-order valence-electron chi connectivity index (χ4n) is 4.30. The van der Waals surface area contributed by atoms with Crippen LogP contribution in [-0.4, -0.2) is 46.6 Å². The molecule has 2 aromatic heterocycles. The van der Waals surface area contributed by atoms with E-state index in [0.29, 0.717) is 24.2 Å². The lowest BCUT2D eigenvalue weighted by molar-refractivity contribution is 0.346. The summed E-state index contributed by atoms with van der Waals surface area (Å²) in [6.07, 6.45) is 8.83. The Kier molecular flexibility index (Phi) is 6.45. The molecule has 2 aliphatic rings. The van der Waals surface area contributed by atoms with Crippen molar-refractivity contribution >= 4 is 15.7 Å². The second-order valence-electron chi connectivity index (χ2n) is 8.90. The van der Waals surface area contributed by atoms with Crippen LogP contribution in [0.1, 0.15) is 37.7 Å². The van der Waals surface area contributed by atoms with E-state index in [-0.39, 0.29) is 6.54 Å². The number of piperidine rings is 1. The van der Waals surface area contributed by atoms with Crippen LogP contribution in [0.4, 0.5) is 27.6 Å². The van der Waals surface area contributed by atoms with E-state index in [0.717, 1.165) is 35.9 Å². The molecule has 13 heteroatoms. The van der Waals surface area contributed by atoms with Gasteiger partial charge < -0.3 is 4.90 Å². The predicted octanol–water partition coefficient (Wildman–Crippen LogP) is 4.31. The first-order valence-corrected chi connectivity index (χ1v) is 12.9. The number of sulfonamides is 1. The number of pyridine rings is 1. The number of rotatable bonds is 7. The Hall–Kier alpha value is -3.06. The molecule has 0 unspecified atom stereocenters. The van der Waals surface area contributed by atoms with Gasteiger partial charge in [-0.05, 0) is 44.2 Å². The standard InChI is InChI=1S/C23H22F5N5O2S/c24-18-19(25)21(27)23(22(28)20(18)26)36(34,35)33(15-4-5-15)13-14-10-30-32(12-14)17-7-6-16(11-29-17)31-8-2-1-3-9-31/h6-7,10-12,15H,1-5,8-9,13H2. The maximum absolute atomic E-state index is 14.3. The summed E-state index contributed by atoms with van der Waals surface area (Å²) in [6.45, 7) is 1.56. The van der Waals surface area contributed by atoms with E-state index in [1.165, 1.54) is 23.5 Å². The Balaban J connectivity index is 1.40. The number of hydrogen-bond donors (Lipinski definition) is 0. The van der Waals surface area contributed by atoms with Gasteiger partial charge in [-0.25, -0.2) is 40.0 Å². The summed E-state index contributed by atoms with van der Waals surface area (Å²) in [5.74, 6) is -11.3. The SMILES string of the molecule is O=S(=O)(c1c(F)c(F)c(F)c(F)c1F)N(Cc1cnn(-c2ccc(N3CCCCC3)cn2)c1)C1CC1. The number of halogens is 5. The van der Waals surface area contributed by atoms with Crippen molar-refractivity contribution in [2.24, 2.45) is 0 Å². The Bertz CT molecular complexity index is 1360. The predicted molar refractivity (Wildman–Crippen MR) is 119 cm³/mol. The van der Waals surface area contributed by atoms with Gasteiger partial charge in [0, 0.05) is 37.4 Å². The molecule has 0 radical (unpaired) electrons. The highest BCUT2D eigenvalue weighted by Gasteiger charge is 2.43. The molecule has 1 aliphatic carbocycles. The maximum atomic E-state index is 14.3. The first-order chi connectivity index (χ1) is 17.2. The average molecular weight is 528 g/mol. The molecule has 36 heavy (non-hydrogen) atoms. The van der Waals surface area contributed by atoms with Crippen molar-refractivity contribution in [3.05, 3.63) is 65.4 Å². The van der Waals surface area contributed by atoms with Crippen molar-refractivity contribution in [1.82, 2.24) is 19.1 Å². The van der Waals surface area contributed by atoms with Gasteiger partial charge in [0.2, 0.25) is 15.8 Å². The molecule has 5 rings (SSSR count). The summed E-state index contributed by atoms with van der Waals surface area (Å²) >= 11 is 0. The monoisotopic (exact) mass is 527 g/mol. The number of aromatic nitrogens is 3. The number of anilines is 1. The molecule has 3 aromatic rings. The zero-order valence-corrected chi connectivity index (χ0v) is 19.8. The van der Waals surface area contributed by atoms with Gasteiger partial charge in [-0.15, -0.1) is 0 Å². The summed E-state index contributed by atoms with van der Waals surface area (Å²) in [6, 6.07) is 3.06. The van der Waals surface area contributed by atoms with E-state index in [1.54, 1.807) is 12.3 Å². The van der Waals surface area contributed by atoms with Crippen LogP contribution in [0.15, 0.2) is 35.6 Å². The van der Waals surface area contributed by atoms with Crippen LogP contribution in [0, 0.1) is 29.1 Å². The van der Waals surface area contributed by atoms with Crippen LogP contribution in [0.5, 0.6) is 0 Å². The molecule has 1 aromatic carbocycles. The summed E-state index contributed by atoms with van der Waals surface area (Å²) in [4.78, 5) is 4.81. The second kappa shape index (κ2) is 9.43.